The number of benzene rings is 1. The molecule has 0 N–H and O–H groups in total. The molecule has 0 radical (unpaired) electrons. The molecule has 0 saturated carbocycles. The fourth-order valence-electron chi connectivity index (χ4n) is 1.68. The molecule has 1 aromatic rings. The van der Waals surface area contributed by atoms with Crippen molar-refractivity contribution in [2.24, 2.45) is 0 Å². The molecule has 0 atom stereocenters. The third kappa shape index (κ3) is 3.69. The van der Waals surface area contributed by atoms with Crippen molar-refractivity contribution in [3.63, 3.8) is 0 Å². The maximum absolute atomic E-state index is 11.1. The van der Waals surface area contributed by atoms with Gasteiger partial charge in [0.15, 0.2) is 5.78 Å². The smallest absolute Gasteiger partial charge is 0.159 e. The number of carbonyl (C=O) groups is 1. The van der Waals surface area contributed by atoms with Gasteiger partial charge in [0.2, 0.25) is 0 Å². The quantitative estimate of drug-likeness (QED) is 0.539. The van der Waals surface area contributed by atoms with Crippen LogP contribution in [-0.2, 0) is 0 Å². The molecule has 0 heterocycles. The van der Waals surface area contributed by atoms with Crippen LogP contribution < -0.4 is 4.90 Å². The summed E-state index contributed by atoms with van der Waals surface area (Å²) in [7, 11) is 2.10. The Morgan fingerprint density at radius 2 is 1.81 bits per heavy atom. The second kappa shape index (κ2) is 6.31. The third-order valence-electron chi connectivity index (χ3n) is 2.81. The molecule has 88 valence electrons. The number of ketones is 1. The zero-order valence-electron chi connectivity index (χ0n) is 10.5. The molecule has 16 heavy (non-hydrogen) atoms. The van der Waals surface area contributed by atoms with Crippen LogP contribution in [0.15, 0.2) is 24.3 Å². The van der Waals surface area contributed by atoms with Gasteiger partial charge in [-0.15, -0.1) is 0 Å². The Balaban J connectivity index is 2.56. The minimum absolute atomic E-state index is 0.125. The summed E-state index contributed by atoms with van der Waals surface area (Å²) in [5.41, 5.74) is 1.96. The molecule has 0 aromatic heterocycles. The number of carbonyl (C=O) groups excluding carboxylic acids is 1. The highest BCUT2D eigenvalue weighted by molar-refractivity contribution is 5.94. The first-order valence-electron chi connectivity index (χ1n) is 5.97. The van der Waals surface area contributed by atoms with Crippen LogP contribution in [0.25, 0.3) is 0 Å². The predicted molar refractivity (Wildman–Crippen MR) is 69.2 cm³/mol. The molecule has 0 aliphatic rings. The van der Waals surface area contributed by atoms with E-state index in [4.69, 9.17) is 0 Å². The van der Waals surface area contributed by atoms with Gasteiger partial charge in [0.1, 0.15) is 0 Å². The van der Waals surface area contributed by atoms with Crippen LogP contribution in [0.5, 0.6) is 0 Å². The second-order valence-corrected chi connectivity index (χ2v) is 4.23. The largest absolute Gasteiger partial charge is 0.375 e. The molecule has 0 bridgehead atoms. The number of Topliss-reactive ketones (excluding diaryl/α,β-unsaturated/α-hetero) is 1. The molecule has 1 aromatic carbocycles. The lowest BCUT2D eigenvalue weighted by molar-refractivity contribution is 0.101. The second-order valence-electron chi connectivity index (χ2n) is 4.23. The van der Waals surface area contributed by atoms with Gasteiger partial charge in [-0.2, -0.15) is 0 Å². The van der Waals surface area contributed by atoms with Crippen LogP contribution >= 0.6 is 0 Å². The number of hydrogen-bond donors (Lipinski definition) is 0. The molecule has 0 aliphatic heterocycles. The highest BCUT2D eigenvalue weighted by Gasteiger charge is 2.02. The fraction of sp³-hybridized carbons (Fsp3) is 0.500. The Morgan fingerprint density at radius 1 is 1.19 bits per heavy atom. The highest BCUT2D eigenvalue weighted by atomic mass is 16.1. The van der Waals surface area contributed by atoms with Gasteiger partial charge in [-0.3, -0.25) is 4.79 Å². The highest BCUT2D eigenvalue weighted by Crippen LogP contribution is 2.14. The summed E-state index contributed by atoms with van der Waals surface area (Å²) >= 11 is 0. The predicted octanol–water partition coefficient (Wildman–Crippen LogP) is 3.52. The Bertz CT molecular complexity index is 329. The normalized spacial score (nSPS) is 10.2. The lowest BCUT2D eigenvalue weighted by Gasteiger charge is -2.19. The Kier molecular flexibility index (Phi) is 5.03. The van der Waals surface area contributed by atoms with E-state index in [0.29, 0.717) is 0 Å². The van der Waals surface area contributed by atoms with Gasteiger partial charge in [-0.25, -0.2) is 0 Å². The maximum Gasteiger partial charge on any atom is 0.159 e. The van der Waals surface area contributed by atoms with Crippen molar-refractivity contribution in [1.29, 1.82) is 0 Å². The van der Waals surface area contributed by atoms with Crippen molar-refractivity contribution in [2.45, 2.75) is 33.1 Å². The topological polar surface area (TPSA) is 20.3 Å². The van der Waals surface area contributed by atoms with E-state index in [9.17, 15) is 4.79 Å². The average molecular weight is 219 g/mol. The lowest BCUT2D eigenvalue weighted by atomic mass is 10.1. The first-order chi connectivity index (χ1) is 7.65. The minimum atomic E-state index is 0.125. The average Bonchev–Trinajstić information content (AvgIpc) is 2.29. The van der Waals surface area contributed by atoms with E-state index < -0.39 is 0 Å². The van der Waals surface area contributed by atoms with E-state index in [1.165, 1.54) is 24.9 Å². The van der Waals surface area contributed by atoms with Gasteiger partial charge in [-0.05, 0) is 37.6 Å². The summed E-state index contributed by atoms with van der Waals surface area (Å²) < 4.78 is 0. The Morgan fingerprint density at radius 3 is 2.31 bits per heavy atom. The minimum Gasteiger partial charge on any atom is -0.375 e. The third-order valence-corrected chi connectivity index (χ3v) is 2.81. The molecular weight excluding hydrogens is 198 g/mol. The van der Waals surface area contributed by atoms with Crippen LogP contribution in [-0.4, -0.2) is 19.4 Å². The van der Waals surface area contributed by atoms with Gasteiger partial charge in [0.25, 0.3) is 0 Å². The van der Waals surface area contributed by atoms with Crippen molar-refractivity contribution in [3.8, 4) is 0 Å². The number of hydrogen-bond acceptors (Lipinski definition) is 2. The molecule has 2 nitrogen and oxygen atoms in total. The van der Waals surface area contributed by atoms with Crippen molar-refractivity contribution in [3.05, 3.63) is 29.8 Å². The first kappa shape index (κ1) is 12.8. The van der Waals surface area contributed by atoms with Crippen LogP contribution in [0.2, 0.25) is 0 Å². The van der Waals surface area contributed by atoms with Crippen LogP contribution in [0.1, 0.15) is 43.5 Å². The maximum atomic E-state index is 11.1. The van der Waals surface area contributed by atoms with E-state index in [1.807, 2.05) is 24.3 Å². The van der Waals surface area contributed by atoms with Crippen LogP contribution in [0.3, 0.4) is 0 Å². The summed E-state index contributed by atoms with van der Waals surface area (Å²) in [6.07, 6.45) is 3.74. The Hall–Kier alpha value is -1.31. The summed E-state index contributed by atoms with van der Waals surface area (Å²) in [5.74, 6) is 0.125. The monoisotopic (exact) mass is 219 g/mol. The van der Waals surface area contributed by atoms with Crippen LogP contribution in [0.4, 0.5) is 5.69 Å². The molecule has 1 rings (SSSR count). The summed E-state index contributed by atoms with van der Waals surface area (Å²) in [6, 6.07) is 7.83. The number of anilines is 1. The van der Waals surface area contributed by atoms with Gasteiger partial charge in [-0.1, -0.05) is 19.8 Å². The number of rotatable bonds is 6. The molecule has 2 heteroatoms. The van der Waals surface area contributed by atoms with E-state index in [1.54, 1.807) is 6.92 Å². The van der Waals surface area contributed by atoms with Crippen molar-refractivity contribution < 1.29 is 4.79 Å². The zero-order valence-corrected chi connectivity index (χ0v) is 10.5. The van der Waals surface area contributed by atoms with Gasteiger partial charge < -0.3 is 4.90 Å². The molecule has 0 amide bonds. The van der Waals surface area contributed by atoms with E-state index in [2.05, 4.69) is 18.9 Å². The summed E-state index contributed by atoms with van der Waals surface area (Å²) in [6.45, 7) is 4.88. The zero-order chi connectivity index (χ0) is 12.0. The van der Waals surface area contributed by atoms with Crippen molar-refractivity contribution in [1.82, 2.24) is 0 Å². The van der Waals surface area contributed by atoms with Crippen LogP contribution in [0, 0.1) is 0 Å². The van der Waals surface area contributed by atoms with Gasteiger partial charge >= 0.3 is 0 Å². The van der Waals surface area contributed by atoms with Gasteiger partial charge in [0.05, 0.1) is 0 Å². The molecular formula is C14H21NO. The van der Waals surface area contributed by atoms with Gasteiger partial charge in [0, 0.05) is 24.8 Å². The first-order valence-corrected chi connectivity index (χ1v) is 5.97. The lowest BCUT2D eigenvalue weighted by Crippen LogP contribution is -2.18. The molecule has 0 aliphatic carbocycles. The van der Waals surface area contributed by atoms with E-state index in [-0.39, 0.29) is 5.78 Å². The molecule has 0 spiro atoms. The molecule has 0 fully saturated rings. The fourth-order valence-corrected chi connectivity index (χ4v) is 1.68. The Labute approximate surface area is 98.3 Å². The standard InChI is InChI=1S/C14H21NO/c1-4-5-6-11-15(3)14-9-7-13(8-10-14)12(2)16/h7-10H,4-6,11H2,1-3H3. The molecule has 0 unspecified atom stereocenters. The van der Waals surface area contributed by atoms with E-state index in [0.717, 1.165) is 12.1 Å². The SMILES string of the molecule is CCCCCN(C)c1ccc(C(C)=O)cc1. The number of nitrogens with zero attached hydrogens (tertiary/aromatic N) is 1. The van der Waals surface area contributed by atoms with Crippen molar-refractivity contribution >= 4 is 11.5 Å². The summed E-state index contributed by atoms with van der Waals surface area (Å²) in [4.78, 5) is 13.4. The number of unbranched alkanes of at least 4 members (excludes halogenated alkanes) is 2. The van der Waals surface area contributed by atoms with Crippen molar-refractivity contribution in [2.75, 3.05) is 18.5 Å². The van der Waals surface area contributed by atoms with E-state index >= 15 is 0 Å². The molecule has 0 saturated heterocycles. The summed E-state index contributed by atoms with van der Waals surface area (Å²) in [5, 5.41) is 0.